The average molecular weight is 366 g/mol. The molecule has 0 aliphatic carbocycles. The normalized spacial score (nSPS) is 18.0. The SMILES string of the molecule is CCCCCCCCCCCCOC1=C([O-])[C@@H]([C@@H](O)CO)OC1=O.[Na+]. The molecule has 0 aromatic rings. The van der Waals surface area contributed by atoms with E-state index in [1.54, 1.807) is 0 Å². The monoisotopic (exact) mass is 366 g/mol. The van der Waals surface area contributed by atoms with Crippen molar-refractivity contribution in [3.05, 3.63) is 11.5 Å². The van der Waals surface area contributed by atoms with Crippen LogP contribution in [0.15, 0.2) is 11.5 Å². The zero-order valence-electron chi connectivity index (χ0n) is 15.7. The summed E-state index contributed by atoms with van der Waals surface area (Å²) in [5.41, 5.74) is 0. The Morgan fingerprint density at radius 2 is 1.60 bits per heavy atom. The average Bonchev–Trinajstić information content (AvgIpc) is 2.86. The summed E-state index contributed by atoms with van der Waals surface area (Å²) in [6.45, 7) is 1.86. The van der Waals surface area contributed by atoms with Gasteiger partial charge in [-0.3, -0.25) is 0 Å². The maximum Gasteiger partial charge on any atom is 1.00 e. The molecule has 6 nitrogen and oxygen atoms in total. The molecule has 0 spiro atoms. The minimum atomic E-state index is -1.40. The van der Waals surface area contributed by atoms with Crippen LogP contribution in [-0.4, -0.2) is 41.6 Å². The molecular weight excluding hydrogens is 335 g/mol. The van der Waals surface area contributed by atoms with Gasteiger partial charge in [-0.1, -0.05) is 64.7 Å². The first-order chi connectivity index (χ1) is 11.6. The van der Waals surface area contributed by atoms with Gasteiger partial charge in [0, 0.05) is 0 Å². The molecule has 1 rings (SSSR count). The summed E-state index contributed by atoms with van der Waals surface area (Å²) in [6.07, 6.45) is 9.15. The first kappa shape index (κ1) is 24.7. The predicted molar refractivity (Wildman–Crippen MR) is 87.8 cm³/mol. The summed E-state index contributed by atoms with van der Waals surface area (Å²) < 4.78 is 9.95. The van der Waals surface area contributed by atoms with E-state index >= 15 is 0 Å². The van der Waals surface area contributed by atoms with Gasteiger partial charge in [0.05, 0.1) is 13.2 Å². The molecule has 0 bridgehead atoms. The molecule has 1 aliphatic rings. The van der Waals surface area contributed by atoms with Crippen LogP contribution in [0.25, 0.3) is 0 Å². The van der Waals surface area contributed by atoms with Crippen LogP contribution in [0.4, 0.5) is 0 Å². The van der Waals surface area contributed by atoms with Gasteiger partial charge in [0.15, 0.2) is 5.76 Å². The van der Waals surface area contributed by atoms with E-state index < -0.39 is 30.5 Å². The first-order valence-corrected chi connectivity index (χ1v) is 9.15. The van der Waals surface area contributed by atoms with E-state index in [0.29, 0.717) is 0 Å². The quantitative estimate of drug-likeness (QED) is 0.227. The molecule has 1 aliphatic heterocycles. The molecular formula is C18H31NaO6. The van der Waals surface area contributed by atoms with Crippen LogP contribution in [0, 0.1) is 0 Å². The van der Waals surface area contributed by atoms with Crippen molar-refractivity contribution in [2.24, 2.45) is 0 Å². The fraction of sp³-hybridized carbons (Fsp3) is 0.833. The topological polar surface area (TPSA) is 99.1 Å². The zero-order valence-corrected chi connectivity index (χ0v) is 17.7. The number of ether oxygens (including phenoxy) is 2. The summed E-state index contributed by atoms with van der Waals surface area (Å²) in [7, 11) is 0. The Balaban J connectivity index is 0.00000576. The summed E-state index contributed by atoms with van der Waals surface area (Å²) in [5, 5.41) is 30.1. The van der Waals surface area contributed by atoms with Gasteiger partial charge in [-0.25, -0.2) is 4.79 Å². The Kier molecular flexibility index (Phi) is 14.7. The largest absolute Gasteiger partial charge is 1.00 e. The number of rotatable bonds is 14. The van der Waals surface area contributed by atoms with Crippen molar-refractivity contribution >= 4 is 5.97 Å². The Labute approximate surface area is 172 Å². The van der Waals surface area contributed by atoms with Gasteiger partial charge >= 0.3 is 35.5 Å². The van der Waals surface area contributed by atoms with E-state index in [1.807, 2.05) is 0 Å². The van der Waals surface area contributed by atoms with Gasteiger partial charge in [-0.2, -0.15) is 0 Å². The van der Waals surface area contributed by atoms with E-state index in [4.69, 9.17) is 14.6 Å². The van der Waals surface area contributed by atoms with Crippen molar-refractivity contribution in [1.29, 1.82) is 0 Å². The van der Waals surface area contributed by atoms with Crippen LogP contribution in [-0.2, 0) is 14.3 Å². The second kappa shape index (κ2) is 14.9. The number of aliphatic hydroxyl groups excluding tert-OH is 2. The number of carbonyl (C=O) groups excluding carboxylic acids is 1. The predicted octanol–water partition coefficient (Wildman–Crippen LogP) is -1.22. The van der Waals surface area contributed by atoms with Crippen LogP contribution >= 0.6 is 0 Å². The van der Waals surface area contributed by atoms with Crippen LogP contribution < -0.4 is 34.7 Å². The van der Waals surface area contributed by atoms with Crippen molar-refractivity contribution < 1.29 is 59.1 Å². The fourth-order valence-electron chi connectivity index (χ4n) is 2.69. The van der Waals surface area contributed by atoms with Crippen molar-refractivity contribution in [3.8, 4) is 0 Å². The molecule has 7 heteroatoms. The van der Waals surface area contributed by atoms with E-state index in [0.717, 1.165) is 19.3 Å². The molecule has 140 valence electrons. The van der Waals surface area contributed by atoms with Crippen molar-refractivity contribution in [3.63, 3.8) is 0 Å². The molecule has 25 heavy (non-hydrogen) atoms. The van der Waals surface area contributed by atoms with Crippen LogP contribution in [0.1, 0.15) is 71.1 Å². The van der Waals surface area contributed by atoms with Gasteiger partial charge in [-0.05, 0) is 12.2 Å². The van der Waals surface area contributed by atoms with Crippen molar-refractivity contribution in [2.75, 3.05) is 13.2 Å². The smallest absolute Gasteiger partial charge is 0.870 e. The third kappa shape index (κ3) is 9.29. The molecule has 0 fully saturated rings. The van der Waals surface area contributed by atoms with Crippen LogP contribution in [0.3, 0.4) is 0 Å². The summed E-state index contributed by atoms with van der Waals surface area (Å²) in [6, 6.07) is 0. The van der Waals surface area contributed by atoms with Gasteiger partial charge in [0.25, 0.3) is 0 Å². The third-order valence-corrected chi connectivity index (χ3v) is 4.18. The molecule has 0 saturated carbocycles. The van der Waals surface area contributed by atoms with E-state index in [2.05, 4.69) is 6.92 Å². The maximum absolute atomic E-state index is 11.9. The van der Waals surface area contributed by atoms with E-state index in [9.17, 15) is 15.0 Å². The molecule has 0 unspecified atom stereocenters. The first-order valence-electron chi connectivity index (χ1n) is 9.15. The molecule has 0 radical (unpaired) electrons. The van der Waals surface area contributed by atoms with Gasteiger partial charge in [0.1, 0.15) is 12.2 Å². The Bertz CT molecular complexity index is 399. The van der Waals surface area contributed by atoms with Crippen molar-refractivity contribution in [1.82, 2.24) is 0 Å². The van der Waals surface area contributed by atoms with E-state index in [-0.39, 0.29) is 41.9 Å². The molecule has 0 saturated heterocycles. The van der Waals surface area contributed by atoms with Crippen LogP contribution in [0.2, 0.25) is 0 Å². The molecule has 0 aromatic heterocycles. The molecule has 0 amide bonds. The third-order valence-electron chi connectivity index (χ3n) is 4.18. The second-order valence-electron chi connectivity index (χ2n) is 6.30. The summed E-state index contributed by atoms with van der Waals surface area (Å²) in [4.78, 5) is 11.5. The number of carbonyl (C=O) groups is 1. The molecule has 1 heterocycles. The summed E-state index contributed by atoms with van der Waals surface area (Å²) in [5.74, 6) is -1.90. The molecule has 2 atom stereocenters. The maximum atomic E-state index is 11.9. The van der Waals surface area contributed by atoms with Crippen LogP contribution in [0.5, 0.6) is 0 Å². The Morgan fingerprint density at radius 1 is 1.08 bits per heavy atom. The fourth-order valence-corrected chi connectivity index (χ4v) is 2.69. The number of hydrogen-bond acceptors (Lipinski definition) is 6. The Hall–Kier alpha value is -0.270. The zero-order chi connectivity index (χ0) is 17.8. The molecule has 0 aromatic carbocycles. The van der Waals surface area contributed by atoms with Crippen molar-refractivity contribution in [2.45, 2.75) is 83.3 Å². The second-order valence-corrected chi connectivity index (χ2v) is 6.30. The van der Waals surface area contributed by atoms with Gasteiger partial charge in [-0.15, -0.1) is 0 Å². The number of cyclic esters (lactones) is 1. The number of unbranched alkanes of at least 4 members (excludes halogenated alkanes) is 9. The number of esters is 1. The minimum Gasteiger partial charge on any atom is -0.870 e. The summed E-state index contributed by atoms with van der Waals surface area (Å²) >= 11 is 0. The number of hydrogen-bond donors (Lipinski definition) is 2. The minimum absolute atomic E-state index is 0. The van der Waals surface area contributed by atoms with Gasteiger partial charge in [0.2, 0.25) is 0 Å². The van der Waals surface area contributed by atoms with Gasteiger partial charge < -0.3 is 24.8 Å². The standard InChI is InChI=1S/C18H32O6.Na/c1-2-3-4-5-6-7-8-9-10-11-12-23-17-15(21)16(14(20)13-19)24-18(17)22;/h14,16,19-21H,2-13H2,1H3;/q;+1/p-1/t14-,16+;/m0./s1. The Morgan fingerprint density at radius 3 is 2.12 bits per heavy atom. The number of aliphatic hydroxyl groups is 2. The molecule has 2 N–H and O–H groups in total. The van der Waals surface area contributed by atoms with E-state index in [1.165, 1.54) is 44.9 Å².